The highest BCUT2D eigenvalue weighted by Gasteiger charge is 2.26. The molecule has 0 spiro atoms. The summed E-state index contributed by atoms with van der Waals surface area (Å²) in [4.78, 5) is 14.4. The minimum absolute atomic E-state index is 0.0924. The van der Waals surface area contributed by atoms with Gasteiger partial charge >= 0.3 is 0 Å². The second kappa shape index (κ2) is 5.17. The van der Waals surface area contributed by atoms with Gasteiger partial charge in [0, 0.05) is 23.8 Å². The predicted octanol–water partition coefficient (Wildman–Crippen LogP) is 2.11. The lowest BCUT2D eigenvalue weighted by Crippen LogP contribution is -2.38. The van der Waals surface area contributed by atoms with Crippen LogP contribution in [-0.2, 0) is 13.1 Å². The van der Waals surface area contributed by atoms with Crippen LogP contribution in [0.15, 0.2) is 33.6 Å². The Labute approximate surface area is 142 Å². The second-order valence-corrected chi connectivity index (χ2v) is 6.63. The third-order valence-corrected chi connectivity index (χ3v) is 4.69. The van der Waals surface area contributed by atoms with E-state index in [2.05, 4.69) is 47.2 Å². The molecular formula is C13H10Br2N6O. The van der Waals surface area contributed by atoms with Gasteiger partial charge in [-0.05, 0) is 50.1 Å². The molecule has 4 rings (SSSR count). The number of hydrogen-bond donors (Lipinski definition) is 0. The van der Waals surface area contributed by atoms with Gasteiger partial charge in [0.1, 0.15) is 0 Å². The zero-order chi connectivity index (χ0) is 15.3. The van der Waals surface area contributed by atoms with Gasteiger partial charge in [-0.1, -0.05) is 0 Å². The highest BCUT2D eigenvalue weighted by atomic mass is 79.9. The van der Waals surface area contributed by atoms with Crippen LogP contribution in [0, 0.1) is 0 Å². The molecule has 0 aromatic carbocycles. The molecule has 0 aliphatic carbocycles. The Morgan fingerprint density at radius 3 is 2.91 bits per heavy atom. The summed E-state index contributed by atoms with van der Waals surface area (Å²) in [7, 11) is 0. The van der Waals surface area contributed by atoms with Gasteiger partial charge in [0.05, 0.1) is 12.1 Å². The van der Waals surface area contributed by atoms with Crippen LogP contribution in [0.5, 0.6) is 0 Å². The predicted molar refractivity (Wildman–Crippen MR) is 85.4 cm³/mol. The molecular weight excluding hydrogens is 416 g/mol. The van der Waals surface area contributed by atoms with Crippen LogP contribution in [0.3, 0.4) is 0 Å². The number of rotatable bonds is 1. The van der Waals surface area contributed by atoms with Crippen molar-refractivity contribution < 1.29 is 4.79 Å². The molecule has 0 saturated carbocycles. The van der Waals surface area contributed by atoms with E-state index in [1.807, 2.05) is 22.9 Å². The molecule has 0 radical (unpaired) electrons. The molecule has 1 aliphatic heterocycles. The van der Waals surface area contributed by atoms with Crippen LogP contribution in [0.25, 0.3) is 5.52 Å². The SMILES string of the molecule is O=C(c1cc2ccc(Br)cn2n1)N1CCn2c(Br)nnc2C1. The summed E-state index contributed by atoms with van der Waals surface area (Å²) in [6.07, 6.45) is 1.83. The van der Waals surface area contributed by atoms with Crippen LogP contribution in [0.4, 0.5) is 0 Å². The number of carbonyl (C=O) groups is 1. The maximum absolute atomic E-state index is 12.6. The molecule has 1 amide bonds. The molecule has 0 N–H and O–H groups in total. The monoisotopic (exact) mass is 424 g/mol. The largest absolute Gasteiger partial charge is 0.328 e. The van der Waals surface area contributed by atoms with E-state index >= 15 is 0 Å². The van der Waals surface area contributed by atoms with Gasteiger partial charge in [0.2, 0.25) is 0 Å². The Hall–Kier alpha value is -1.74. The average Bonchev–Trinajstić information content (AvgIpc) is 3.09. The smallest absolute Gasteiger partial charge is 0.274 e. The third-order valence-electron chi connectivity index (χ3n) is 3.64. The Balaban J connectivity index is 1.63. The van der Waals surface area contributed by atoms with Crippen LogP contribution in [0.2, 0.25) is 0 Å². The first kappa shape index (κ1) is 13.9. The first-order valence-corrected chi connectivity index (χ1v) is 8.22. The average molecular weight is 426 g/mol. The topological polar surface area (TPSA) is 68.3 Å². The molecule has 1 aliphatic rings. The van der Waals surface area contributed by atoms with Crippen molar-refractivity contribution in [2.24, 2.45) is 0 Å². The van der Waals surface area contributed by atoms with Crippen molar-refractivity contribution in [3.8, 4) is 0 Å². The van der Waals surface area contributed by atoms with Crippen LogP contribution in [0.1, 0.15) is 16.3 Å². The third kappa shape index (κ3) is 2.24. The Bertz CT molecular complexity index is 886. The van der Waals surface area contributed by atoms with Crippen LogP contribution >= 0.6 is 31.9 Å². The molecule has 22 heavy (non-hydrogen) atoms. The van der Waals surface area contributed by atoms with E-state index in [0.29, 0.717) is 30.1 Å². The van der Waals surface area contributed by atoms with Crippen LogP contribution in [-0.4, -0.2) is 41.7 Å². The van der Waals surface area contributed by atoms with E-state index < -0.39 is 0 Å². The number of carbonyl (C=O) groups excluding carboxylic acids is 1. The van der Waals surface area contributed by atoms with E-state index in [1.165, 1.54) is 0 Å². The fraction of sp³-hybridized carbons (Fsp3) is 0.231. The lowest BCUT2D eigenvalue weighted by molar-refractivity contribution is 0.0700. The fourth-order valence-electron chi connectivity index (χ4n) is 2.52. The maximum Gasteiger partial charge on any atom is 0.274 e. The Morgan fingerprint density at radius 2 is 2.05 bits per heavy atom. The highest BCUT2D eigenvalue weighted by Crippen LogP contribution is 2.19. The zero-order valence-corrected chi connectivity index (χ0v) is 14.5. The van der Waals surface area contributed by atoms with E-state index in [4.69, 9.17) is 0 Å². The first-order chi connectivity index (χ1) is 10.6. The number of amides is 1. The van der Waals surface area contributed by atoms with Gasteiger partial charge in [0.25, 0.3) is 5.91 Å². The summed E-state index contributed by atoms with van der Waals surface area (Å²) < 4.78 is 5.27. The quantitative estimate of drug-likeness (QED) is 0.598. The molecule has 0 saturated heterocycles. The molecule has 7 nitrogen and oxygen atoms in total. The lowest BCUT2D eigenvalue weighted by Gasteiger charge is -2.26. The summed E-state index contributed by atoms with van der Waals surface area (Å²) in [6, 6.07) is 5.63. The molecule has 0 unspecified atom stereocenters. The van der Waals surface area contributed by atoms with Gasteiger partial charge in [-0.15, -0.1) is 10.2 Å². The first-order valence-electron chi connectivity index (χ1n) is 6.63. The second-order valence-electron chi connectivity index (χ2n) is 5.01. The van der Waals surface area contributed by atoms with Crippen molar-refractivity contribution in [3.63, 3.8) is 0 Å². The molecule has 3 aromatic heterocycles. The Kier molecular flexibility index (Phi) is 3.26. The van der Waals surface area contributed by atoms with Gasteiger partial charge < -0.3 is 9.47 Å². The van der Waals surface area contributed by atoms with Crippen LogP contribution < -0.4 is 0 Å². The molecule has 9 heteroatoms. The van der Waals surface area contributed by atoms with E-state index in [9.17, 15) is 4.79 Å². The number of halogens is 2. The number of pyridine rings is 1. The van der Waals surface area contributed by atoms with Gasteiger partial charge in [-0.3, -0.25) is 4.79 Å². The maximum atomic E-state index is 12.6. The lowest BCUT2D eigenvalue weighted by atomic mass is 10.3. The number of fused-ring (bicyclic) bond motifs is 2. The summed E-state index contributed by atoms with van der Waals surface area (Å²) in [5.41, 5.74) is 1.32. The molecule has 3 aromatic rings. The number of aromatic nitrogens is 5. The van der Waals surface area contributed by atoms with E-state index in [-0.39, 0.29) is 5.91 Å². The van der Waals surface area contributed by atoms with Gasteiger partial charge in [0.15, 0.2) is 16.3 Å². The number of nitrogens with zero attached hydrogens (tertiary/aromatic N) is 6. The summed E-state index contributed by atoms with van der Waals surface area (Å²) in [5, 5.41) is 12.4. The molecule has 0 atom stereocenters. The fourth-order valence-corrected chi connectivity index (χ4v) is 3.31. The zero-order valence-electron chi connectivity index (χ0n) is 11.3. The van der Waals surface area contributed by atoms with Crippen molar-refractivity contribution in [1.29, 1.82) is 0 Å². The summed E-state index contributed by atoms with van der Waals surface area (Å²) >= 11 is 6.75. The van der Waals surface area contributed by atoms with Gasteiger partial charge in [-0.2, -0.15) is 5.10 Å². The molecule has 4 heterocycles. The standard InChI is InChI=1S/C13H10Br2N6O/c14-8-1-2-9-5-10(18-21(9)6-8)12(22)19-3-4-20-11(7-19)16-17-13(20)15/h1-2,5-6H,3-4,7H2. The molecule has 0 bridgehead atoms. The van der Waals surface area contributed by atoms with Gasteiger partial charge in [-0.25, -0.2) is 4.52 Å². The molecule has 0 fully saturated rings. The van der Waals surface area contributed by atoms with E-state index in [0.717, 1.165) is 15.8 Å². The molecule has 112 valence electrons. The summed E-state index contributed by atoms with van der Waals surface area (Å²) in [5.74, 6) is 0.683. The minimum atomic E-state index is -0.0924. The Morgan fingerprint density at radius 1 is 1.18 bits per heavy atom. The van der Waals surface area contributed by atoms with Crippen molar-refractivity contribution in [2.75, 3.05) is 6.54 Å². The minimum Gasteiger partial charge on any atom is -0.328 e. The van der Waals surface area contributed by atoms with Crippen molar-refractivity contribution in [1.82, 2.24) is 29.3 Å². The number of hydrogen-bond acceptors (Lipinski definition) is 4. The van der Waals surface area contributed by atoms with E-state index in [1.54, 1.807) is 15.5 Å². The van der Waals surface area contributed by atoms with Crippen molar-refractivity contribution in [3.05, 3.63) is 45.1 Å². The summed E-state index contributed by atoms with van der Waals surface area (Å²) in [6.45, 7) is 1.72. The normalized spacial score (nSPS) is 14.4. The van der Waals surface area contributed by atoms with Crippen molar-refractivity contribution >= 4 is 43.3 Å². The highest BCUT2D eigenvalue weighted by molar-refractivity contribution is 9.10. The van der Waals surface area contributed by atoms with Crippen molar-refractivity contribution in [2.45, 2.75) is 13.1 Å².